The number of aromatic nitrogens is 1. The quantitative estimate of drug-likeness (QED) is 0.651. The summed E-state index contributed by atoms with van der Waals surface area (Å²) >= 11 is 0. The van der Waals surface area contributed by atoms with Crippen LogP contribution in [0.5, 0.6) is 0 Å². The molecular formula is C19H19ArFN2O3S. The van der Waals surface area contributed by atoms with Crippen molar-refractivity contribution in [2.75, 3.05) is 0 Å². The van der Waals surface area contributed by atoms with Crippen molar-refractivity contribution < 1.29 is 55.4 Å². The molecule has 0 spiro atoms. The van der Waals surface area contributed by atoms with E-state index >= 15 is 0 Å². The van der Waals surface area contributed by atoms with Crippen molar-refractivity contribution in [3.05, 3.63) is 65.9 Å². The molecule has 3 rings (SSSR count). The van der Waals surface area contributed by atoms with Crippen LogP contribution in [0.1, 0.15) is 18.1 Å². The number of nitrogens with one attached hydrogen (secondary N) is 1. The minimum atomic E-state index is -3.73. The number of carbonyl (C=O) groups excluding carboxylic acids is 1. The standard InChI is InChI=1S/C19H19FN2O3S.Ar/c1-13-3-7-17(8-4-13)26(24,25)22-10-9-16-6-5-15(12-18(16)22)11-14(2)19(23)21-20;/h3-10,12,14H,11H2,1-2H3,(H,21,23);/t14-;/m0./s1. The van der Waals surface area contributed by atoms with Gasteiger partial charge in [-0.1, -0.05) is 36.8 Å². The first-order valence-electron chi connectivity index (χ1n) is 8.15. The van der Waals surface area contributed by atoms with Crippen LogP contribution in [0, 0.1) is 50.6 Å². The first-order valence-corrected chi connectivity index (χ1v) is 9.59. The van der Waals surface area contributed by atoms with Gasteiger partial charge >= 0.3 is 0 Å². The molecule has 5 nitrogen and oxygen atoms in total. The Kier molecular flexibility index (Phi) is 7.08. The number of halogens is 1. The van der Waals surface area contributed by atoms with Crippen molar-refractivity contribution in [2.45, 2.75) is 25.2 Å². The summed E-state index contributed by atoms with van der Waals surface area (Å²) in [5.41, 5.74) is 3.40. The first kappa shape index (κ1) is 21.9. The smallest absolute Gasteiger partial charge is 0.268 e. The van der Waals surface area contributed by atoms with Crippen LogP contribution in [0.4, 0.5) is 4.48 Å². The topological polar surface area (TPSA) is 68.2 Å². The molecule has 0 bridgehead atoms. The fourth-order valence-corrected chi connectivity index (χ4v) is 4.19. The Bertz CT molecular complexity index is 1060. The number of hydrogen-bond donors (Lipinski definition) is 1. The molecule has 144 valence electrons. The van der Waals surface area contributed by atoms with Crippen LogP contribution in [-0.4, -0.2) is 18.3 Å². The minimum Gasteiger partial charge on any atom is -0.272 e. The maximum atomic E-state index is 13.0. The van der Waals surface area contributed by atoms with E-state index in [-0.39, 0.29) is 42.6 Å². The number of rotatable bonds is 5. The zero-order valence-electron chi connectivity index (χ0n) is 14.8. The molecule has 0 aliphatic rings. The second kappa shape index (κ2) is 8.73. The van der Waals surface area contributed by atoms with Crippen LogP contribution in [0.2, 0.25) is 0 Å². The van der Waals surface area contributed by atoms with E-state index in [9.17, 15) is 17.7 Å². The zero-order valence-corrected chi connectivity index (χ0v) is 16.3. The largest absolute Gasteiger partial charge is 0.272 e. The van der Waals surface area contributed by atoms with Gasteiger partial charge in [-0.25, -0.2) is 12.4 Å². The van der Waals surface area contributed by atoms with Crippen molar-refractivity contribution >= 4 is 26.8 Å². The van der Waals surface area contributed by atoms with Gasteiger partial charge in [0.1, 0.15) is 0 Å². The Balaban J connectivity index is 0.00000261. The van der Waals surface area contributed by atoms with Gasteiger partial charge in [-0.3, -0.25) is 4.79 Å². The van der Waals surface area contributed by atoms with Gasteiger partial charge in [0, 0.05) is 55.2 Å². The molecular weight excluding hydrogens is 395 g/mol. The summed E-state index contributed by atoms with van der Waals surface area (Å²) in [6.45, 7) is 3.50. The molecule has 0 radical (unpaired) electrons. The molecule has 1 atom stereocenters. The van der Waals surface area contributed by atoms with E-state index < -0.39 is 21.8 Å². The first-order chi connectivity index (χ1) is 12.3. The van der Waals surface area contributed by atoms with Crippen LogP contribution in [-0.2, 0) is 21.2 Å². The molecule has 0 aliphatic heterocycles. The third-order valence-corrected chi connectivity index (χ3v) is 6.09. The summed E-state index contributed by atoms with van der Waals surface area (Å²) in [5.74, 6) is -1.26. The van der Waals surface area contributed by atoms with Gasteiger partial charge in [0.15, 0.2) is 0 Å². The van der Waals surface area contributed by atoms with Gasteiger partial charge < -0.3 is 0 Å². The van der Waals surface area contributed by atoms with E-state index in [4.69, 9.17) is 0 Å². The summed E-state index contributed by atoms with van der Waals surface area (Å²) in [5, 5.41) is 0.770. The van der Waals surface area contributed by atoms with Crippen LogP contribution in [0.25, 0.3) is 10.9 Å². The number of nitrogens with zero attached hydrogens (tertiary/aromatic N) is 1. The normalized spacial score (nSPS) is 12.4. The molecule has 1 amide bonds. The van der Waals surface area contributed by atoms with Crippen LogP contribution in [0.3, 0.4) is 0 Å². The fraction of sp³-hybridized carbons (Fsp3) is 0.211. The molecule has 0 saturated carbocycles. The van der Waals surface area contributed by atoms with E-state index in [0.717, 1.165) is 22.1 Å². The molecule has 1 heterocycles. The summed E-state index contributed by atoms with van der Waals surface area (Å²) < 4.78 is 39.4. The molecule has 0 fully saturated rings. The van der Waals surface area contributed by atoms with Crippen molar-refractivity contribution in [1.29, 1.82) is 0 Å². The SMILES string of the molecule is Cc1ccc(S(=O)(=O)n2ccc3ccc(C[C@H](C)C(=O)NF)cc32)cc1.[Ar]. The van der Waals surface area contributed by atoms with Crippen molar-refractivity contribution in [3.63, 3.8) is 0 Å². The van der Waals surface area contributed by atoms with Gasteiger partial charge in [-0.2, -0.15) is 5.54 Å². The predicted octanol–water partition coefficient (Wildman–Crippen LogP) is 3.37. The van der Waals surface area contributed by atoms with Gasteiger partial charge in [-0.15, -0.1) is 4.48 Å². The Morgan fingerprint density at radius 2 is 1.81 bits per heavy atom. The molecule has 0 saturated heterocycles. The molecule has 0 unspecified atom stereocenters. The number of amides is 1. The molecule has 3 aromatic rings. The molecule has 27 heavy (non-hydrogen) atoms. The van der Waals surface area contributed by atoms with Crippen molar-refractivity contribution in [2.24, 2.45) is 5.92 Å². The third-order valence-electron chi connectivity index (χ3n) is 4.38. The van der Waals surface area contributed by atoms with E-state index in [1.165, 1.54) is 10.2 Å². The summed E-state index contributed by atoms with van der Waals surface area (Å²) in [4.78, 5) is 11.6. The molecule has 8 heteroatoms. The minimum absolute atomic E-state index is 0. The number of hydrogen-bond acceptors (Lipinski definition) is 3. The number of aryl methyl sites for hydroxylation is 1. The van der Waals surface area contributed by atoms with Crippen LogP contribution < -0.4 is 5.54 Å². The van der Waals surface area contributed by atoms with Gasteiger partial charge in [0.05, 0.1) is 10.4 Å². The Morgan fingerprint density at radius 1 is 1.15 bits per heavy atom. The third kappa shape index (κ3) is 4.54. The second-order valence-corrected chi connectivity index (χ2v) is 8.20. The maximum absolute atomic E-state index is 13.0. The van der Waals surface area contributed by atoms with Crippen LogP contribution >= 0.6 is 0 Å². The Labute approximate surface area is 187 Å². The van der Waals surface area contributed by atoms with Gasteiger partial charge in [-0.05, 0) is 43.2 Å². The van der Waals surface area contributed by atoms with Crippen LogP contribution in [0.15, 0.2) is 59.6 Å². The zero-order chi connectivity index (χ0) is 18.9. The average molecular weight is 414 g/mol. The van der Waals surface area contributed by atoms with Crippen molar-refractivity contribution in [3.8, 4) is 0 Å². The molecule has 2 aromatic carbocycles. The average Bonchev–Trinajstić information content (AvgIpc) is 3.05. The van der Waals surface area contributed by atoms with Gasteiger partial charge in [0.2, 0.25) is 0 Å². The van der Waals surface area contributed by atoms with E-state index in [0.29, 0.717) is 11.9 Å². The fourth-order valence-electron chi connectivity index (χ4n) is 2.85. The number of benzene rings is 2. The van der Waals surface area contributed by atoms with Crippen molar-refractivity contribution in [1.82, 2.24) is 9.51 Å². The molecule has 1 aromatic heterocycles. The van der Waals surface area contributed by atoms with Gasteiger partial charge in [0.25, 0.3) is 15.9 Å². The molecule has 1 N–H and O–H groups in total. The summed E-state index contributed by atoms with van der Waals surface area (Å²) in [6, 6.07) is 13.7. The number of fused-ring (bicyclic) bond motifs is 1. The molecule has 0 aliphatic carbocycles. The van der Waals surface area contributed by atoms with E-state index in [1.54, 1.807) is 49.4 Å². The Morgan fingerprint density at radius 3 is 2.44 bits per heavy atom. The monoisotopic (exact) mass is 414 g/mol. The Hall–Kier alpha value is -1.41. The number of carbonyl (C=O) groups is 1. The maximum Gasteiger partial charge on any atom is 0.268 e. The summed E-state index contributed by atoms with van der Waals surface area (Å²) in [7, 11) is -3.73. The van der Waals surface area contributed by atoms with E-state index in [1.807, 2.05) is 13.0 Å². The van der Waals surface area contributed by atoms with E-state index in [2.05, 4.69) is 0 Å². The second-order valence-electron chi connectivity index (χ2n) is 6.39. The predicted molar refractivity (Wildman–Crippen MR) is 97.8 cm³/mol. The summed E-state index contributed by atoms with van der Waals surface area (Å²) in [6.07, 6.45) is 1.82.